The minimum atomic E-state index is -3.84. The van der Waals surface area contributed by atoms with Crippen molar-refractivity contribution < 1.29 is 18.3 Å². The summed E-state index contributed by atoms with van der Waals surface area (Å²) in [7, 11) is -3.84. The Morgan fingerprint density at radius 2 is 1.95 bits per heavy atom. The van der Waals surface area contributed by atoms with E-state index in [0.29, 0.717) is 4.88 Å². The molecule has 0 aliphatic rings. The first-order valence-electron chi connectivity index (χ1n) is 5.93. The molecule has 0 aliphatic heterocycles. The van der Waals surface area contributed by atoms with E-state index >= 15 is 0 Å². The third kappa shape index (κ3) is 3.17. The first-order chi connectivity index (χ1) is 9.70. The van der Waals surface area contributed by atoms with Crippen LogP contribution in [0.15, 0.2) is 29.2 Å². The number of aromatic carboxylic acids is 1. The summed E-state index contributed by atoms with van der Waals surface area (Å²) in [5.74, 6) is -1.25. The maximum Gasteiger partial charge on any atom is 0.337 e. The second kappa shape index (κ2) is 5.38. The molecule has 6 nitrogen and oxygen atoms in total. The highest BCUT2D eigenvalue weighted by Crippen LogP contribution is 2.28. The molecule has 0 saturated carbocycles. The predicted octanol–water partition coefficient (Wildman–Crippen LogP) is 2.45. The van der Waals surface area contributed by atoms with Gasteiger partial charge in [0.2, 0.25) is 0 Å². The molecule has 0 atom stereocenters. The molecule has 2 rings (SSSR count). The molecule has 2 aromatic rings. The summed E-state index contributed by atoms with van der Waals surface area (Å²) in [6.45, 7) is 3.51. The fourth-order valence-corrected chi connectivity index (χ4v) is 4.54. The van der Waals surface area contributed by atoms with Gasteiger partial charge in [0, 0.05) is 15.4 Å². The molecule has 0 bridgehead atoms. The van der Waals surface area contributed by atoms with Gasteiger partial charge in [-0.3, -0.25) is 4.72 Å². The van der Waals surface area contributed by atoms with Gasteiger partial charge in [-0.1, -0.05) is 0 Å². The van der Waals surface area contributed by atoms with Gasteiger partial charge in [0.1, 0.15) is 4.90 Å². The van der Waals surface area contributed by atoms with Gasteiger partial charge in [0.25, 0.3) is 10.0 Å². The molecule has 0 unspecified atom stereocenters. The molecule has 1 aromatic carbocycles. The normalized spacial score (nSPS) is 11.3. The quantitative estimate of drug-likeness (QED) is 0.748. The fourth-order valence-electron chi connectivity index (χ4n) is 1.90. The number of nitrogens with two attached hydrogens (primary N) is 1. The van der Waals surface area contributed by atoms with Crippen LogP contribution in [0.25, 0.3) is 0 Å². The molecule has 0 aliphatic carbocycles. The number of carbonyl (C=O) groups is 1. The lowest BCUT2D eigenvalue weighted by Gasteiger charge is -2.11. The Labute approximate surface area is 126 Å². The number of sulfonamides is 1. The molecule has 8 heteroatoms. The van der Waals surface area contributed by atoms with Crippen LogP contribution in [0.5, 0.6) is 0 Å². The van der Waals surface area contributed by atoms with Crippen molar-refractivity contribution in [3.05, 3.63) is 39.6 Å². The summed E-state index contributed by atoms with van der Waals surface area (Å²) < 4.78 is 27.0. The lowest BCUT2D eigenvalue weighted by Crippen LogP contribution is -2.16. The van der Waals surface area contributed by atoms with Crippen molar-refractivity contribution in [1.82, 2.24) is 0 Å². The number of nitrogens with one attached hydrogen (secondary N) is 1. The van der Waals surface area contributed by atoms with Crippen LogP contribution in [0, 0.1) is 13.8 Å². The molecule has 4 N–H and O–H groups in total. The Balaban J connectivity index is 2.47. The van der Waals surface area contributed by atoms with Crippen LogP contribution in [0.1, 0.15) is 20.1 Å². The minimum Gasteiger partial charge on any atom is -0.478 e. The van der Waals surface area contributed by atoms with Crippen molar-refractivity contribution in [3.63, 3.8) is 0 Å². The number of benzene rings is 1. The summed E-state index contributed by atoms with van der Waals surface area (Å²) in [5.41, 5.74) is 5.57. The highest BCUT2D eigenvalue weighted by molar-refractivity contribution is 7.93. The molecule has 1 aromatic heterocycles. The van der Waals surface area contributed by atoms with E-state index in [1.807, 2.05) is 6.92 Å². The van der Waals surface area contributed by atoms with Crippen molar-refractivity contribution in [2.75, 3.05) is 10.5 Å². The SMILES string of the molecule is Cc1cc(S(=O)(=O)Nc2ccc(N)cc2C(=O)O)c(C)s1. The molecular weight excluding hydrogens is 312 g/mol. The van der Waals surface area contributed by atoms with E-state index in [-0.39, 0.29) is 21.8 Å². The number of hydrogen-bond donors (Lipinski definition) is 3. The zero-order valence-electron chi connectivity index (χ0n) is 11.4. The lowest BCUT2D eigenvalue weighted by molar-refractivity contribution is 0.0698. The molecule has 0 fully saturated rings. The van der Waals surface area contributed by atoms with Crippen LogP contribution in [-0.2, 0) is 10.0 Å². The molecule has 1 heterocycles. The van der Waals surface area contributed by atoms with E-state index < -0.39 is 16.0 Å². The second-order valence-electron chi connectivity index (χ2n) is 4.49. The monoisotopic (exact) mass is 326 g/mol. The summed E-state index contributed by atoms with van der Waals surface area (Å²) >= 11 is 1.36. The van der Waals surface area contributed by atoms with E-state index in [0.717, 1.165) is 4.88 Å². The van der Waals surface area contributed by atoms with Crippen molar-refractivity contribution in [2.45, 2.75) is 18.7 Å². The lowest BCUT2D eigenvalue weighted by atomic mass is 10.1. The standard InChI is InChI=1S/C13H14N2O4S2/c1-7-5-12(8(2)20-7)21(18,19)15-11-4-3-9(14)6-10(11)13(16)17/h3-6,15H,14H2,1-2H3,(H,16,17). The van der Waals surface area contributed by atoms with Gasteiger partial charge in [-0.15, -0.1) is 11.3 Å². The van der Waals surface area contributed by atoms with Crippen LogP contribution < -0.4 is 10.5 Å². The van der Waals surface area contributed by atoms with Gasteiger partial charge in [-0.2, -0.15) is 0 Å². The van der Waals surface area contributed by atoms with E-state index in [4.69, 9.17) is 10.8 Å². The largest absolute Gasteiger partial charge is 0.478 e. The Bertz CT molecular complexity index is 810. The summed E-state index contributed by atoms with van der Waals surface area (Å²) in [5, 5.41) is 9.13. The molecule has 0 amide bonds. The van der Waals surface area contributed by atoms with Gasteiger partial charge in [-0.25, -0.2) is 13.2 Å². The number of rotatable bonds is 4. The van der Waals surface area contributed by atoms with E-state index in [9.17, 15) is 13.2 Å². The van der Waals surface area contributed by atoms with Crippen molar-refractivity contribution in [2.24, 2.45) is 0 Å². The topological polar surface area (TPSA) is 109 Å². The smallest absolute Gasteiger partial charge is 0.337 e. The molecule has 0 radical (unpaired) electrons. The van der Waals surface area contributed by atoms with E-state index in [1.165, 1.54) is 29.5 Å². The summed E-state index contributed by atoms with van der Waals surface area (Å²) in [6.07, 6.45) is 0. The maximum atomic E-state index is 12.4. The number of thiophene rings is 1. The zero-order chi connectivity index (χ0) is 15.8. The van der Waals surface area contributed by atoms with E-state index in [2.05, 4.69) is 4.72 Å². The molecule has 21 heavy (non-hydrogen) atoms. The highest BCUT2D eigenvalue weighted by atomic mass is 32.2. The predicted molar refractivity (Wildman–Crippen MR) is 82.4 cm³/mol. The molecule has 0 saturated heterocycles. The van der Waals surface area contributed by atoms with E-state index in [1.54, 1.807) is 13.0 Å². The van der Waals surface area contributed by atoms with Crippen molar-refractivity contribution in [1.29, 1.82) is 0 Å². The highest BCUT2D eigenvalue weighted by Gasteiger charge is 2.22. The molecule has 112 valence electrons. The Morgan fingerprint density at radius 3 is 2.48 bits per heavy atom. The Kier molecular flexibility index (Phi) is 3.93. The number of hydrogen-bond acceptors (Lipinski definition) is 5. The van der Waals surface area contributed by atoms with Gasteiger partial charge in [-0.05, 0) is 38.1 Å². The molecular formula is C13H14N2O4S2. The number of aryl methyl sites for hydroxylation is 2. The number of carboxylic acid groups (broad SMARTS) is 1. The van der Waals surface area contributed by atoms with Gasteiger partial charge >= 0.3 is 5.97 Å². The fraction of sp³-hybridized carbons (Fsp3) is 0.154. The number of carboxylic acids is 1. The minimum absolute atomic E-state index is 0.0139. The van der Waals surface area contributed by atoms with Crippen LogP contribution in [0.4, 0.5) is 11.4 Å². The zero-order valence-corrected chi connectivity index (χ0v) is 13.0. The third-order valence-electron chi connectivity index (χ3n) is 2.80. The second-order valence-corrected chi connectivity index (χ2v) is 7.60. The van der Waals surface area contributed by atoms with Gasteiger partial charge in [0.05, 0.1) is 11.3 Å². The first-order valence-corrected chi connectivity index (χ1v) is 8.23. The van der Waals surface area contributed by atoms with Crippen LogP contribution in [0.3, 0.4) is 0 Å². The first kappa shape index (κ1) is 15.3. The Morgan fingerprint density at radius 1 is 1.29 bits per heavy atom. The van der Waals surface area contributed by atoms with Gasteiger partial charge in [0.15, 0.2) is 0 Å². The maximum absolute atomic E-state index is 12.4. The van der Waals surface area contributed by atoms with Gasteiger partial charge < -0.3 is 10.8 Å². The third-order valence-corrected chi connectivity index (χ3v) is 5.39. The average molecular weight is 326 g/mol. The van der Waals surface area contributed by atoms with Crippen LogP contribution >= 0.6 is 11.3 Å². The number of anilines is 2. The van der Waals surface area contributed by atoms with Crippen LogP contribution in [0.2, 0.25) is 0 Å². The number of nitrogen functional groups attached to an aromatic ring is 1. The summed E-state index contributed by atoms with van der Waals surface area (Å²) in [4.78, 5) is 12.8. The Hall–Kier alpha value is -2.06. The van der Waals surface area contributed by atoms with Crippen molar-refractivity contribution in [3.8, 4) is 0 Å². The average Bonchev–Trinajstić information content (AvgIpc) is 2.71. The van der Waals surface area contributed by atoms with Crippen LogP contribution in [-0.4, -0.2) is 19.5 Å². The van der Waals surface area contributed by atoms with Crippen molar-refractivity contribution >= 4 is 38.7 Å². The summed E-state index contributed by atoms with van der Waals surface area (Å²) in [6, 6.07) is 5.55. The molecule has 0 spiro atoms.